The zero-order valence-corrected chi connectivity index (χ0v) is 63.7. The van der Waals surface area contributed by atoms with Gasteiger partial charge in [-0.15, -0.1) is 11.3 Å². The highest BCUT2D eigenvalue weighted by molar-refractivity contribution is 7.09. The Morgan fingerprint density at radius 2 is 1.26 bits per heavy atom. The molecule has 1 unspecified atom stereocenters. The minimum Gasteiger partial charge on any atom is -0.508 e. The van der Waals surface area contributed by atoms with Crippen LogP contribution in [0.5, 0.6) is 46.0 Å². The lowest BCUT2D eigenvalue weighted by Crippen LogP contribution is -2.65. The minimum atomic E-state index is -2.39. The van der Waals surface area contributed by atoms with Crippen LogP contribution >= 0.6 is 46.1 Å². The van der Waals surface area contributed by atoms with Crippen molar-refractivity contribution in [3.8, 4) is 68.4 Å². The molecule has 1 aromatic heterocycles. The van der Waals surface area contributed by atoms with Crippen molar-refractivity contribution < 1.29 is 128 Å². The van der Waals surface area contributed by atoms with Gasteiger partial charge in [0.25, 0.3) is 0 Å². The van der Waals surface area contributed by atoms with Crippen LogP contribution in [0.3, 0.4) is 0 Å². The number of carbonyl (C=O) groups is 8. The Labute approximate surface area is 671 Å². The lowest BCUT2D eigenvalue weighted by Gasteiger charge is -2.46. The van der Waals surface area contributed by atoms with Crippen LogP contribution in [-0.4, -0.2) is 219 Å². The number of thiazole rings is 1. The summed E-state index contributed by atoms with van der Waals surface area (Å²) < 4.78 is 37.9. The monoisotopic (exact) mass is 1670 g/mol. The van der Waals surface area contributed by atoms with Crippen molar-refractivity contribution in [1.29, 1.82) is 0 Å². The number of hydrogen-bond acceptors (Lipinski definition) is 29. The zero-order chi connectivity index (χ0) is 82.9. The second-order valence-electron chi connectivity index (χ2n) is 28.1. The molecule has 7 aliphatic heterocycles. The van der Waals surface area contributed by atoms with E-state index in [9.17, 15) is 85.3 Å². The van der Waals surface area contributed by atoms with Gasteiger partial charge in [0, 0.05) is 51.8 Å². The Bertz CT molecular complexity index is 4870. The first-order valence-electron chi connectivity index (χ1n) is 35.6. The van der Waals surface area contributed by atoms with E-state index >= 15 is 14.4 Å². The Hall–Kier alpha value is -10.1. The number of aliphatic hydroxyl groups excluding tert-OH is 8. The molecule has 2 fully saturated rings. The molecular weight excluding hydrogens is 1600 g/mol. The Morgan fingerprint density at radius 1 is 0.643 bits per heavy atom. The summed E-state index contributed by atoms with van der Waals surface area (Å²) in [5.74, 6) is -16.6. The van der Waals surface area contributed by atoms with Gasteiger partial charge in [0.05, 0.1) is 34.8 Å². The molecule has 19 atom stereocenters. The van der Waals surface area contributed by atoms with Crippen molar-refractivity contribution in [2.75, 3.05) is 20.2 Å². The molecule has 7 aromatic rings. The zero-order valence-electron chi connectivity index (χ0n) is 60.6. The summed E-state index contributed by atoms with van der Waals surface area (Å²) >= 11 is 21.5. The first-order chi connectivity index (χ1) is 54.7. The molecule has 7 aliphatic rings. The van der Waals surface area contributed by atoms with Crippen molar-refractivity contribution in [3.05, 3.63) is 156 Å². The van der Waals surface area contributed by atoms with Crippen LogP contribution < -0.4 is 62.5 Å². The van der Waals surface area contributed by atoms with Crippen LogP contribution in [0.25, 0.3) is 22.4 Å². The third-order valence-electron chi connectivity index (χ3n) is 19.6. The largest absolute Gasteiger partial charge is 0.508 e. The predicted molar refractivity (Wildman–Crippen MR) is 403 cm³/mol. The summed E-state index contributed by atoms with van der Waals surface area (Å²) in [6.45, 7) is 2.46. The number of aromatic nitrogens is 1. The number of nitrogens with one attached hydrogen (secondary N) is 8. The van der Waals surface area contributed by atoms with E-state index in [4.69, 9.17) is 69.0 Å². The van der Waals surface area contributed by atoms with E-state index in [1.54, 1.807) is 38.1 Å². The van der Waals surface area contributed by atoms with Gasteiger partial charge >= 0.3 is 5.97 Å². The van der Waals surface area contributed by atoms with Gasteiger partial charge < -0.3 is 138 Å². The fourth-order valence-electron chi connectivity index (χ4n) is 13.7. The number of phenolic OH excluding ortho intramolecular Hbond substituents is 3. The second-order valence-corrected chi connectivity index (χ2v) is 30.3. The molecule has 0 aliphatic carbocycles. The van der Waals surface area contributed by atoms with E-state index in [-0.39, 0.29) is 42.1 Å². The Kier molecular flexibility index (Phi) is 26.0. The topological polar surface area (TPSA) is 570 Å². The molecule has 0 radical (unpaired) electrons. The van der Waals surface area contributed by atoms with E-state index in [1.165, 1.54) is 24.5 Å². The Morgan fingerprint density at radius 3 is 1.89 bits per heavy atom. The lowest BCUT2D eigenvalue weighted by atomic mass is 9.89. The van der Waals surface area contributed by atoms with Gasteiger partial charge in [0.2, 0.25) is 53.4 Å². The molecule has 8 heterocycles. The first-order valence-corrected chi connectivity index (χ1v) is 37.6. The number of halogens is 3. The fraction of sp³-hybridized carbons (Fsp3) is 0.373. The van der Waals surface area contributed by atoms with E-state index in [0.717, 1.165) is 78.4 Å². The van der Waals surface area contributed by atoms with E-state index < -0.39 is 255 Å². The summed E-state index contributed by atoms with van der Waals surface area (Å²) in [6.07, 6.45) is -24.9. The van der Waals surface area contributed by atoms with Crippen molar-refractivity contribution >= 4 is 93.5 Å². The van der Waals surface area contributed by atoms with Crippen LogP contribution in [0.4, 0.5) is 0 Å². The number of likely N-dealkylation sites (N-methyl/N-ethyl adjacent to an activating group) is 1. The van der Waals surface area contributed by atoms with Gasteiger partial charge in [-0.05, 0) is 108 Å². The standard InChI is InChI=1S/C75H79Cl3N10O26S/c1-27(2)14-39(80-3)67(101)87-56-58(94)30-7-12-44(37(77)16-30)109-46-18-32-19-47(65(46)113-75-64(100)62(98)66(49(25-89)112-75)114-74-63(99)61(97)60(96)48(111-74)23-81-24-51-82-41(26-115-51)28-4-9-33(76)10-5-28)110-45-13-8-31(17-38(45)78)59(95)57-72(106)86-55(73(107)108)36-20-34(90)21-43(92)52(36)35-15-29(6-11-42(35)91)53(69(103)88-57)85-70(104)54(32)84-68(102)40(22-50(79)93)83-71(56)105/h4-13,15-21,26-27,39-40,48-49,53-64,66,74-75,80-81,89-92,94-100H,14,22-25H2,1-3H3,(H2,79,93)(H,83,105)(H,84,102)(H,85,104)(H,86,106)(H,87,101)(H,88,103)(H,107,108)/t39-,40+,48-,49-,53-,54-,55-,56?,57+,58-,59-,60+,61+,62-,63-,64-,66-,74+,75+/m1/s1. The predicted octanol–water partition coefficient (Wildman–Crippen LogP) is 1.27. The number of primary amides is 1. The Balaban J connectivity index is 0.984. The van der Waals surface area contributed by atoms with Crippen molar-refractivity contribution in [3.63, 3.8) is 0 Å². The maximum atomic E-state index is 16.1. The minimum absolute atomic E-state index is 0.118. The lowest BCUT2D eigenvalue weighted by molar-refractivity contribution is -0.350. The number of carboxylic acid groups (broad SMARTS) is 1. The number of rotatable bonds is 18. The normalized spacial score (nSPS) is 27.3. The quantitative estimate of drug-likeness (QED) is 0.0575. The molecule has 2 saturated heterocycles. The number of ether oxygens (including phenoxy) is 6. The molecule has 22 N–H and O–H groups in total. The van der Waals surface area contributed by atoms with E-state index in [2.05, 4.69) is 47.5 Å². The number of fused-ring (bicyclic) bond motifs is 15. The highest BCUT2D eigenvalue weighted by Crippen LogP contribution is 2.50. The molecule has 0 spiro atoms. The highest BCUT2D eigenvalue weighted by atomic mass is 35.5. The number of aliphatic hydroxyl groups is 8. The van der Waals surface area contributed by atoms with Gasteiger partial charge in [0.15, 0.2) is 23.8 Å². The molecular formula is C75H79Cl3N10O26S. The number of carboxylic acids is 1. The molecule has 6 aromatic carbocycles. The molecule has 0 saturated carbocycles. The third kappa shape index (κ3) is 18.4. The van der Waals surface area contributed by atoms with Crippen LogP contribution in [-0.2, 0) is 59.1 Å². The number of benzene rings is 6. The fourth-order valence-corrected chi connectivity index (χ4v) is 15.1. The first kappa shape index (κ1) is 84.3. The summed E-state index contributed by atoms with van der Waals surface area (Å²) in [5, 5.41) is 161. The summed E-state index contributed by atoms with van der Waals surface area (Å²) in [7, 11) is 1.46. The number of amides is 7. The average molecular weight is 1670 g/mol. The molecule has 11 bridgehead atoms. The molecule has 14 rings (SSSR count). The molecule has 7 amide bonds. The summed E-state index contributed by atoms with van der Waals surface area (Å²) in [6, 6.07) is 5.74. The number of carbonyl (C=O) groups excluding carboxylic acids is 7. The molecule has 40 heteroatoms. The number of aliphatic carboxylic acids is 1. The molecule has 612 valence electrons. The number of aromatic hydroxyl groups is 3. The second kappa shape index (κ2) is 35.5. The number of nitrogens with two attached hydrogens (primary N) is 1. The van der Waals surface area contributed by atoms with Crippen molar-refractivity contribution in [1.82, 2.24) is 47.5 Å². The van der Waals surface area contributed by atoms with Gasteiger partial charge in [-0.25, -0.2) is 9.78 Å². The van der Waals surface area contributed by atoms with Crippen molar-refractivity contribution in [2.45, 2.75) is 149 Å². The molecule has 36 nitrogen and oxygen atoms in total. The van der Waals surface area contributed by atoms with Gasteiger partial charge in [-0.2, -0.15) is 0 Å². The van der Waals surface area contributed by atoms with E-state index in [0.29, 0.717) is 15.7 Å². The number of nitrogens with zero attached hydrogens (tertiary/aromatic N) is 1. The maximum Gasteiger partial charge on any atom is 0.330 e. The van der Waals surface area contributed by atoms with Gasteiger partial charge in [-0.1, -0.05) is 79.0 Å². The number of hydrogen-bond donors (Lipinski definition) is 21. The van der Waals surface area contributed by atoms with Crippen LogP contribution in [0.15, 0.2) is 109 Å². The summed E-state index contributed by atoms with van der Waals surface area (Å²) in [4.78, 5) is 122. The van der Waals surface area contributed by atoms with E-state index in [1.807, 2.05) is 5.38 Å². The smallest absolute Gasteiger partial charge is 0.330 e. The third-order valence-corrected chi connectivity index (χ3v) is 21.3. The highest BCUT2D eigenvalue weighted by Gasteiger charge is 2.52. The average Bonchev–Trinajstić information content (AvgIpc) is 0.978. The van der Waals surface area contributed by atoms with Crippen LogP contribution in [0, 0.1) is 5.92 Å². The van der Waals surface area contributed by atoms with Crippen LogP contribution in [0.2, 0.25) is 15.1 Å². The van der Waals surface area contributed by atoms with Gasteiger partial charge in [0.1, 0.15) is 125 Å². The number of phenols is 3. The maximum absolute atomic E-state index is 16.1. The van der Waals surface area contributed by atoms with Crippen LogP contribution in [0.1, 0.15) is 89.8 Å². The van der Waals surface area contributed by atoms with Crippen molar-refractivity contribution in [2.24, 2.45) is 11.7 Å². The van der Waals surface area contributed by atoms with Gasteiger partial charge in [-0.3, -0.25) is 33.6 Å². The SMILES string of the molecule is CN[C@H](CC(C)C)C(=O)NC1C(=O)N[C@@H](CC(N)=O)C(=O)N[C@H]2C(=O)N[C@H]3C(=O)N[C@H](C(=O)N[C@@H](C(=O)O)c4cc(O)cc(O)c4-c4cc3ccc4O)[C@H](O)c3ccc(c(Cl)c3)Oc3cc2cc(c3O[C@@H]2O[C@H](CO)[C@@H](O[C@@H]3O[C@H](CNCc4nc(-c5ccc(Cl)cc5)cs4)[C@H](O)[C@H](O)[C@H]3O)[C@H](O)[C@H]2O)Oc2ccc(cc2Cl)[C@H]1O. The summed E-state index contributed by atoms with van der Waals surface area (Å²) in [5.41, 5.74) is 4.16. The molecule has 115 heavy (non-hydrogen) atoms.